The van der Waals surface area contributed by atoms with Gasteiger partial charge in [0.15, 0.2) is 4.34 Å². The molecule has 29 heavy (non-hydrogen) atoms. The predicted octanol–water partition coefficient (Wildman–Crippen LogP) is 5.34. The number of nitriles is 1. The summed E-state index contributed by atoms with van der Waals surface area (Å²) in [4.78, 5) is 4.45. The summed E-state index contributed by atoms with van der Waals surface area (Å²) in [5, 5.41) is 32.7. The van der Waals surface area contributed by atoms with Crippen molar-refractivity contribution in [2.45, 2.75) is 10.9 Å². The Balaban J connectivity index is 1.41. The van der Waals surface area contributed by atoms with Crippen LogP contribution in [0.1, 0.15) is 10.6 Å². The number of nitrogens with zero attached hydrogens (tertiary/aromatic N) is 4. The molecule has 0 saturated heterocycles. The van der Waals surface area contributed by atoms with Gasteiger partial charge in [-0.15, -0.1) is 21.5 Å². The Kier molecular flexibility index (Phi) is 6.05. The number of hydrogen-bond acceptors (Lipinski definition) is 9. The summed E-state index contributed by atoms with van der Waals surface area (Å²) in [5.74, 6) is 0.220. The van der Waals surface area contributed by atoms with Gasteiger partial charge in [-0.1, -0.05) is 65.6 Å². The SMILES string of the molecule is N#C/C(=C(/O)CSc1nnc(NCc2ccccc2)s1)c1nc2ccccc2s1. The van der Waals surface area contributed by atoms with Crippen molar-refractivity contribution in [1.29, 1.82) is 5.26 Å². The molecule has 0 saturated carbocycles. The molecule has 2 aromatic carbocycles. The highest BCUT2D eigenvalue weighted by atomic mass is 32.2. The first-order valence-corrected chi connectivity index (χ1v) is 11.3. The Hall–Kier alpha value is -2.93. The van der Waals surface area contributed by atoms with E-state index >= 15 is 0 Å². The molecule has 0 radical (unpaired) electrons. The van der Waals surface area contributed by atoms with E-state index in [2.05, 4.69) is 26.6 Å². The standard InChI is InChI=1S/C20H15N5OS3/c21-10-14(18-23-15-8-4-5-9-17(15)28-18)16(26)12-27-20-25-24-19(29-20)22-11-13-6-2-1-3-7-13/h1-9,26H,11-12H2,(H,22,24)/b16-14-. The highest BCUT2D eigenvalue weighted by Gasteiger charge is 2.15. The van der Waals surface area contributed by atoms with Crippen molar-refractivity contribution < 1.29 is 5.11 Å². The zero-order chi connectivity index (χ0) is 20.1. The number of aromatic nitrogens is 3. The van der Waals surface area contributed by atoms with Crippen LogP contribution in [-0.4, -0.2) is 26.0 Å². The van der Waals surface area contributed by atoms with Gasteiger partial charge in [0.25, 0.3) is 0 Å². The molecule has 6 nitrogen and oxygen atoms in total. The number of hydrogen-bond donors (Lipinski definition) is 2. The zero-order valence-corrected chi connectivity index (χ0v) is 17.5. The third-order valence-corrected chi connectivity index (χ3v) is 7.01. The van der Waals surface area contributed by atoms with Gasteiger partial charge < -0.3 is 10.4 Å². The summed E-state index contributed by atoms with van der Waals surface area (Å²) in [6.45, 7) is 0.668. The predicted molar refractivity (Wildman–Crippen MR) is 119 cm³/mol. The molecule has 4 rings (SSSR count). The van der Waals surface area contributed by atoms with Crippen LogP contribution in [0.5, 0.6) is 0 Å². The summed E-state index contributed by atoms with van der Waals surface area (Å²) in [5.41, 5.74) is 2.18. The molecule has 0 atom stereocenters. The molecule has 0 bridgehead atoms. The highest BCUT2D eigenvalue weighted by Crippen LogP contribution is 2.31. The average Bonchev–Trinajstić information content (AvgIpc) is 3.39. The summed E-state index contributed by atoms with van der Waals surface area (Å²) >= 11 is 4.14. The van der Waals surface area contributed by atoms with Crippen LogP contribution in [0, 0.1) is 11.3 Å². The molecule has 2 heterocycles. The average molecular weight is 438 g/mol. The number of allylic oxidation sites excluding steroid dienone is 1. The van der Waals surface area contributed by atoms with Crippen molar-refractivity contribution in [3.05, 3.63) is 70.9 Å². The third kappa shape index (κ3) is 4.74. The first-order chi connectivity index (χ1) is 14.2. The van der Waals surface area contributed by atoms with Gasteiger partial charge in [-0.05, 0) is 17.7 Å². The largest absolute Gasteiger partial charge is 0.510 e. The minimum atomic E-state index is -0.00875. The lowest BCUT2D eigenvalue weighted by Gasteiger charge is -2.01. The van der Waals surface area contributed by atoms with E-state index in [0.717, 1.165) is 15.8 Å². The maximum atomic E-state index is 10.5. The Labute approximate surface area is 179 Å². The number of rotatable bonds is 7. The van der Waals surface area contributed by atoms with Crippen molar-refractivity contribution in [3.63, 3.8) is 0 Å². The van der Waals surface area contributed by atoms with Crippen molar-refractivity contribution in [1.82, 2.24) is 15.2 Å². The van der Waals surface area contributed by atoms with E-state index in [1.54, 1.807) is 0 Å². The van der Waals surface area contributed by atoms with Crippen LogP contribution >= 0.6 is 34.4 Å². The van der Waals surface area contributed by atoms with Gasteiger partial charge >= 0.3 is 0 Å². The molecule has 0 amide bonds. The van der Waals surface area contributed by atoms with Gasteiger partial charge in [0.05, 0.1) is 16.0 Å². The Morgan fingerprint density at radius 2 is 1.86 bits per heavy atom. The normalized spacial score (nSPS) is 11.8. The zero-order valence-electron chi connectivity index (χ0n) is 15.1. The topological polar surface area (TPSA) is 94.7 Å². The van der Waals surface area contributed by atoms with E-state index in [4.69, 9.17) is 0 Å². The summed E-state index contributed by atoms with van der Waals surface area (Å²) < 4.78 is 1.70. The number of benzene rings is 2. The molecule has 2 N–H and O–H groups in total. The molecule has 4 aromatic rings. The van der Waals surface area contributed by atoms with E-state index in [9.17, 15) is 10.4 Å². The van der Waals surface area contributed by atoms with E-state index in [0.29, 0.717) is 21.0 Å². The summed E-state index contributed by atoms with van der Waals surface area (Å²) in [6, 6.07) is 19.8. The molecule has 0 aliphatic carbocycles. The number of thiazole rings is 1. The van der Waals surface area contributed by atoms with E-state index in [1.807, 2.05) is 54.6 Å². The van der Waals surface area contributed by atoms with Crippen LogP contribution in [0.15, 0.2) is 64.7 Å². The van der Waals surface area contributed by atoms with Crippen LogP contribution in [0.2, 0.25) is 0 Å². The summed E-state index contributed by atoms with van der Waals surface area (Å²) in [7, 11) is 0. The molecule has 0 aliphatic rings. The van der Waals surface area contributed by atoms with Gasteiger partial charge in [0, 0.05) is 6.54 Å². The molecule has 2 aromatic heterocycles. The van der Waals surface area contributed by atoms with E-state index < -0.39 is 0 Å². The van der Waals surface area contributed by atoms with Gasteiger partial charge in [0.2, 0.25) is 5.13 Å². The number of fused-ring (bicyclic) bond motifs is 1. The molecule has 0 fully saturated rings. The second-order valence-electron chi connectivity index (χ2n) is 5.92. The number of anilines is 1. The Bertz CT molecular complexity index is 1160. The fourth-order valence-electron chi connectivity index (χ4n) is 2.53. The fourth-order valence-corrected chi connectivity index (χ4v) is 5.14. The molecule has 9 heteroatoms. The molecule has 0 unspecified atom stereocenters. The highest BCUT2D eigenvalue weighted by molar-refractivity contribution is 8.01. The quantitative estimate of drug-likeness (QED) is 0.229. The Morgan fingerprint density at radius 1 is 1.07 bits per heavy atom. The maximum absolute atomic E-state index is 10.5. The van der Waals surface area contributed by atoms with Crippen LogP contribution < -0.4 is 5.32 Å². The van der Waals surface area contributed by atoms with Crippen LogP contribution in [0.3, 0.4) is 0 Å². The lowest BCUT2D eigenvalue weighted by molar-refractivity contribution is 0.421. The van der Waals surface area contributed by atoms with Crippen molar-refractivity contribution in [2.24, 2.45) is 0 Å². The van der Waals surface area contributed by atoms with Crippen LogP contribution in [-0.2, 0) is 6.54 Å². The number of thioether (sulfide) groups is 1. The fraction of sp³-hybridized carbons (Fsp3) is 0.100. The number of nitrogens with one attached hydrogen (secondary N) is 1. The molecule has 144 valence electrons. The van der Waals surface area contributed by atoms with Gasteiger partial charge in [-0.3, -0.25) is 0 Å². The van der Waals surface area contributed by atoms with E-state index in [1.165, 1.54) is 34.4 Å². The number of aliphatic hydroxyl groups excluding tert-OH is 1. The monoisotopic (exact) mass is 437 g/mol. The van der Waals surface area contributed by atoms with Crippen molar-refractivity contribution >= 4 is 55.4 Å². The van der Waals surface area contributed by atoms with E-state index in [-0.39, 0.29) is 17.1 Å². The molecule has 0 aliphatic heterocycles. The van der Waals surface area contributed by atoms with Gasteiger partial charge in [-0.25, -0.2) is 4.98 Å². The minimum absolute atomic E-state index is 0.00875. The molecular weight excluding hydrogens is 422 g/mol. The van der Waals surface area contributed by atoms with Crippen molar-refractivity contribution in [2.75, 3.05) is 11.1 Å². The van der Waals surface area contributed by atoms with Gasteiger partial charge in [0.1, 0.15) is 22.4 Å². The number of aliphatic hydroxyl groups is 1. The lowest BCUT2D eigenvalue weighted by atomic mass is 10.2. The maximum Gasteiger partial charge on any atom is 0.206 e. The lowest BCUT2D eigenvalue weighted by Crippen LogP contribution is -1.98. The van der Waals surface area contributed by atoms with Crippen LogP contribution in [0.25, 0.3) is 15.8 Å². The minimum Gasteiger partial charge on any atom is -0.510 e. The van der Waals surface area contributed by atoms with Crippen LogP contribution in [0.4, 0.5) is 5.13 Å². The third-order valence-electron chi connectivity index (χ3n) is 3.93. The Morgan fingerprint density at radius 3 is 2.66 bits per heavy atom. The second kappa shape index (κ2) is 9.05. The first kappa shape index (κ1) is 19.4. The smallest absolute Gasteiger partial charge is 0.206 e. The summed E-state index contributed by atoms with van der Waals surface area (Å²) in [6.07, 6.45) is 0. The molecule has 0 spiro atoms. The van der Waals surface area contributed by atoms with Gasteiger partial charge in [-0.2, -0.15) is 5.26 Å². The molecular formula is C20H15N5OS3. The second-order valence-corrected chi connectivity index (χ2v) is 9.15. The van der Waals surface area contributed by atoms with Crippen molar-refractivity contribution in [3.8, 4) is 6.07 Å². The first-order valence-electron chi connectivity index (χ1n) is 8.65. The number of para-hydroxylation sites is 1.